The van der Waals surface area contributed by atoms with Gasteiger partial charge in [-0.05, 0) is 18.6 Å². The Morgan fingerprint density at radius 3 is 3.00 bits per heavy atom. The maximum Gasteiger partial charge on any atom is 0.126 e. The highest BCUT2D eigenvalue weighted by Crippen LogP contribution is 2.10. The fourth-order valence-electron chi connectivity index (χ4n) is 1.62. The molecule has 1 rings (SSSR count). The molecule has 0 radical (unpaired) electrons. The summed E-state index contributed by atoms with van der Waals surface area (Å²) >= 11 is 4.94. The second kappa shape index (κ2) is 7.19. The van der Waals surface area contributed by atoms with E-state index >= 15 is 0 Å². The molecule has 0 aromatic carbocycles. The molecular weight excluding hydrogens is 234 g/mol. The Balaban J connectivity index is 2.71. The number of hydrogen-bond acceptors (Lipinski definition) is 4. The molecule has 0 aliphatic carbocycles. The molecule has 1 aromatic heterocycles. The average Bonchev–Trinajstić information content (AvgIpc) is 2.30. The van der Waals surface area contributed by atoms with Crippen molar-refractivity contribution in [2.45, 2.75) is 25.8 Å². The van der Waals surface area contributed by atoms with Crippen LogP contribution in [0.15, 0.2) is 18.3 Å². The number of nitrogens with zero attached hydrogens (tertiary/aromatic N) is 1. The lowest BCUT2D eigenvalue weighted by atomic mass is 10.2. The van der Waals surface area contributed by atoms with Crippen molar-refractivity contribution in [2.75, 3.05) is 19.0 Å². The van der Waals surface area contributed by atoms with E-state index in [1.165, 1.54) is 0 Å². The number of aromatic nitrogens is 1. The third-order valence-corrected chi connectivity index (χ3v) is 2.64. The van der Waals surface area contributed by atoms with Crippen molar-refractivity contribution in [3.05, 3.63) is 23.9 Å². The second-order valence-corrected chi connectivity index (χ2v) is 4.32. The minimum Gasteiger partial charge on any atom is -0.389 e. The smallest absolute Gasteiger partial charge is 0.126 e. The minimum atomic E-state index is 0.263. The molecule has 0 fully saturated rings. The van der Waals surface area contributed by atoms with Crippen molar-refractivity contribution in [1.29, 1.82) is 0 Å². The predicted molar refractivity (Wildman–Crippen MR) is 74.3 cm³/mol. The van der Waals surface area contributed by atoms with Crippen LogP contribution in [0, 0.1) is 0 Å². The molecular formula is C12H19N3OS. The van der Waals surface area contributed by atoms with E-state index in [1.54, 1.807) is 19.4 Å². The number of thiocarbonyl (C=S) groups is 1. The standard InChI is InChI=1S/C12H19N3OS/c1-3-4-10(8-16-2)15-11-7-9(12(13)17)5-6-14-11/h5-7,10H,3-4,8H2,1-2H3,(H2,13,17)(H,14,15). The van der Waals surface area contributed by atoms with Crippen LogP contribution >= 0.6 is 12.2 Å². The summed E-state index contributed by atoms with van der Waals surface area (Å²) in [6, 6.07) is 3.93. The van der Waals surface area contributed by atoms with Gasteiger partial charge < -0.3 is 15.8 Å². The number of pyridine rings is 1. The summed E-state index contributed by atoms with van der Waals surface area (Å²) < 4.78 is 5.17. The third-order valence-electron chi connectivity index (χ3n) is 2.40. The molecule has 0 aliphatic heterocycles. The van der Waals surface area contributed by atoms with Gasteiger partial charge in [-0.15, -0.1) is 0 Å². The van der Waals surface area contributed by atoms with Gasteiger partial charge >= 0.3 is 0 Å². The number of ether oxygens (including phenoxy) is 1. The lowest BCUT2D eigenvalue weighted by molar-refractivity contribution is 0.182. The van der Waals surface area contributed by atoms with Crippen LogP contribution < -0.4 is 11.1 Å². The van der Waals surface area contributed by atoms with E-state index in [1.807, 2.05) is 6.07 Å². The summed E-state index contributed by atoms with van der Waals surface area (Å²) in [4.78, 5) is 4.63. The normalized spacial score (nSPS) is 12.1. The maximum absolute atomic E-state index is 5.58. The van der Waals surface area contributed by atoms with Crippen LogP contribution in [0.5, 0.6) is 0 Å². The van der Waals surface area contributed by atoms with E-state index in [0.717, 1.165) is 24.2 Å². The highest BCUT2D eigenvalue weighted by Gasteiger charge is 2.08. The predicted octanol–water partition coefficient (Wildman–Crippen LogP) is 1.94. The number of hydrogen-bond donors (Lipinski definition) is 2. The quantitative estimate of drug-likeness (QED) is 0.727. The zero-order valence-corrected chi connectivity index (χ0v) is 11.1. The fourth-order valence-corrected chi connectivity index (χ4v) is 1.75. The first-order valence-electron chi connectivity index (χ1n) is 5.68. The Morgan fingerprint density at radius 2 is 2.41 bits per heavy atom. The van der Waals surface area contributed by atoms with Gasteiger partial charge in [0.15, 0.2) is 0 Å². The van der Waals surface area contributed by atoms with Crippen LogP contribution in [0.2, 0.25) is 0 Å². The molecule has 0 saturated heterocycles. The van der Waals surface area contributed by atoms with E-state index < -0.39 is 0 Å². The lowest BCUT2D eigenvalue weighted by Crippen LogP contribution is -2.25. The molecule has 1 aromatic rings. The molecule has 4 nitrogen and oxygen atoms in total. The third kappa shape index (κ3) is 4.66. The lowest BCUT2D eigenvalue weighted by Gasteiger charge is -2.18. The summed E-state index contributed by atoms with van der Waals surface area (Å²) in [5.74, 6) is 0.783. The van der Waals surface area contributed by atoms with Crippen LogP contribution in [0.1, 0.15) is 25.3 Å². The second-order valence-electron chi connectivity index (χ2n) is 3.88. The first kappa shape index (κ1) is 13.9. The van der Waals surface area contributed by atoms with Crippen molar-refractivity contribution in [2.24, 2.45) is 5.73 Å². The van der Waals surface area contributed by atoms with E-state index in [0.29, 0.717) is 11.6 Å². The topological polar surface area (TPSA) is 60.2 Å². The summed E-state index contributed by atoms with van der Waals surface area (Å²) in [6.45, 7) is 2.80. The van der Waals surface area contributed by atoms with Crippen molar-refractivity contribution in [1.82, 2.24) is 4.98 Å². The molecule has 0 saturated carbocycles. The molecule has 1 heterocycles. The highest BCUT2D eigenvalue weighted by atomic mass is 32.1. The molecule has 0 bridgehead atoms. The first-order chi connectivity index (χ1) is 8.17. The molecule has 17 heavy (non-hydrogen) atoms. The van der Waals surface area contributed by atoms with Gasteiger partial charge in [0.1, 0.15) is 10.8 Å². The molecule has 3 N–H and O–H groups in total. The van der Waals surface area contributed by atoms with Crippen molar-refractivity contribution in [3.63, 3.8) is 0 Å². The van der Waals surface area contributed by atoms with Crippen LogP contribution in [-0.4, -0.2) is 29.7 Å². The van der Waals surface area contributed by atoms with Crippen molar-refractivity contribution < 1.29 is 4.74 Å². The van der Waals surface area contributed by atoms with Gasteiger partial charge in [-0.1, -0.05) is 25.6 Å². The van der Waals surface area contributed by atoms with Gasteiger partial charge in [0, 0.05) is 18.9 Å². The average molecular weight is 253 g/mol. The van der Waals surface area contributed by atoms with Crippen molar-refractivity contribution in [3.8, 4) is 0 Å². The number of rotatable bonds is 7. The number of nitrogens with one attached hydrogen (secondary N) is 1. The van der Waals surface area contributed by atoms with Gasteiger partial charge in [-0.3, -0.25) is 0 Å². The number of methoxy groups -OCH3 is 1. The Bertz CT molecular complexity index is 365. The molecule has 1 atom stereocenters. The Morgan fingerprint density at radius 1 is 1.65 bits per heavy atom. The summed E-state index contributed by atoms with van der Waals surface area (Å²) in [5, 5.41) is 3.32. The molecule has 0 spiro atoms. The van der Waals surface area contributed by atoms with Gasteiger partial charge in [-0.25, -0.2) is 4.98 Å². The van der Waals surface area contributed by atoms with Crippen LogP contribution in [0.25, 0.3) is 0 Å². The minimum absolute atomic E-state index is 0.263. The molecule has 94 valence electrons. The zero-order valence-electron chi connectivity index (χ0n) is 10.3. The maximum atomic E-state index is 5.58. The fraction of sp³-hybridized carbons (Fsp3) is 0.500. The first-order valence-corrected chi connectivity index (χ1v) is 6.09. The number of anilines is 1. The molecule has 1 unspecified atom stereocenters. The zero-order chi connectivity index (χ0) is 12.7. The van der Waals surface area contributed by atoms with Gasteiger partial charge in [0.05, 0.1) is 12.6 Å². The molecule has 5 heteroatoms. The van der Waals surface area contributed by atoms with Gasteiger partial charge in [0.2, 0.25) is 0 Å². The van der Waals surface area contributed by atoms with Crippen molar-refractivity contribution >= 4 is 23.0 Å². The van der Waals surface area contributed by atoms with E-state index in [4.69, 9.17) is 22.7 Å². The van der Waals surface area contributed by atoms with Crippen LogP contribution in [0.4, 0.5) is 5.82 Å². The SMILES string of the molecule is CCCC(COC)Nc1cc(C(N)=S)ccn1. The van der Waals surface area contributed by atoms with Crippen LogP contribution in [0.3, 0.4) is 0 Å². The Labute approximate surface area is 108 Å². The van der Waals surface area contributed by atoms with Crippen LogP contribution in [-0.2, 0) is 4.74 Å². The summed E-state index contributed by atoms with van der Waals surface area (Å²) in [6.07, 6.45) is 3.83. The Hall–Kier alpha value is -1.20. The monoisotopic (exact) mass is 253 g/mol. The van der Waals surface area contributed by atoms with E-state index in [9.17, 15) is 0 Å². The molecule has 0 aliphatic rings. The number of nitrogens with two attached hydrogens (primary N) is 1. The van der Waals surface area contributed by atoms with Gasteiger partial charge in [0.25, 0.3) is 0 Å². The molecule has 0 amide bonds. The van der Waals surface area contributed by atoms with E-state index in [-0.39, 0.29) is 6.04 Å². The van der Waals surface area contributed by atoms with Gasteiger partial charge in [-0.2, -0.15) is 0 Å². The Kier molecular flexibility index (Phi) is 5.86. The largest absolute Gasteiger partial charge is 0.389 e. The van der Waals surface area contributed by atoms with E-state index in [2.05, 4.69) is 17.2 Å². The highest BCUT2D eigenvalue weighted by molar-refractivity contribution is 7.80. The summed E-state index contributed by atoms with van der Waals surface area (Å²) in [7, 11) is 1.70. The summed E-state index contributed by atoms with van der Waals surface area (Å²) in [5.41, 5.74) is 6.41.